The molecular formula is C29H20BrClN2O4S. The summed E-state index contributed by atoms with van der Waals surface area (Å²) < 4.78 is 6.25. The summed E-state index contributed by atoms with van der Waals surface area (Å²) in [7, 11) is 0. The minimum absolute atomic E-state index is 0.187. The average Bonchev–Trinajstić information content (AvgIpc) is 3.17. The minimum atomic E-state index is -0.330. The molecule has 1 fully saturated rings. The Labute approximate surface area is 236 Å². The first-order valence-corrected chi connectivity index (χ1v) is 13.6. The summed E-state index contributed by atoms with van der Waals surface area (Å²) in [5.74, 6) is -0.177. The van der Waals surface area contributed by atoms with Crippen molar-refractivity contribution in [2.24, 2.45) is 0 Å². The van der Waals surface area contributed by atoms with Crippen molar-refractivity contribution in [3.05, 3.63) is 110 Å². The van der Waals surface area contributed by atoms with Crippen molar-refractivity contribution in [1.29, 1.82) is 0 Å². The normalized spacial score (nSPS) is 14.4. The van der Waals surface area contributed by atoms with Gasteiger partial charge in [0.1, 0.15) is 5.75 Å². The van der Waals surface area contributed by atoms with E-state index in [1.54, 1.807) is 48.5 Å². The summed E-state index contributed by atoms with van der Waals surface area (Å²) >= 11 is 10.2. The number of nitrogens with one attached hydrogen (secondary N) is 1. The molecule has 6 nitrogen and oxygen atoms in total. The van der Waals surface area contributed by atoms with Crippen molar-refractivity contribution in [3.63, 3.8) is 0 Å². The first kappa shape index (κ1) is 26.0. The van der Waals surface area contributed by atoms with Crippen LogP contribution in [0.1, 0.15) is 11.1 Å². The van der Waals surface area contributed by atoms with Gasteiger partial charge in [-0.2, -0.15) is 0 Å². The lowest BCUT2D eigenvalue weighted by molar-refractivity contribution is -0.123. The first-order chi connectivity index (χ1) is 18.4. The third-order valence-corrected chi connectivity index (χ3v) is 7.60. The summed E-state index contributed by atoms with van der Waals surface area (Å²) in [5, 5.41) is 5.08. The Hall–Kier alpha value is -3.59. The number of anilines is 1. The number of carbonyl (C=O) groups excluding carboxylic acids is 3. The van der Waals surface area contributed by atoms with Gasteiger partial charge in [-0.1, -0.05) is 60.1 Å². The third kappa shape index (κ3) is 5.93. The lowest BCUT2D eigenvalue weighted by Crippen LogP contribution is -2.27. The van der Waals surface area contributed by atoms with Crippen LogP contribution in [0.2, 0.25) is 5.02 Å². The van der Waals surface area contributed by atoms with Crippen LogP contribution in [0.4, 0.5) is 10.5 Å². The highest BCUT2D eigenvalue weighted by Gasteiger charge is 2.35. The van der Waals surface area contributed by atoms with Gasteiger partial charge in [0.15, 0.2) is 6.61 Å². The van der Waals surface area contributed by atoms with Crippen molar-refractivity contribution in [2.45, 2.75) is 6.54 Å². The SMILES string of the molecule is O=C(COc1ccc(/C=C2\SC(=O)N(Cc3cccc4ccccc34)C2=O)cc1Br)Nc1ccc(Cl)cc1. The molecule has 0 radical (unpaired) electrons. The molecule has 9 heteroatoms. The number of fused-ring (bicyclic) bond motifs is 1. The number of nitrogens with zero attached hydrogens (tertiary/aromatic N) is 1. The molecule has 1 N–H and O–H groups in total. The standard InChI is InChI=1S/C29H20BrClN2O4S/c30-24-14-18(8-13-25(24)37-17-27(34)32-22-11-9-21(31)10-12-22)15-26-28(35)33(29(36)38-26)16-20-6-3-5-19-4-1-2-7-23(19)20/h1-15H,16-17H2,(H,32,34)/b26-15-. The van der Waals surface area contributed by atoms with Crippen molar-refractivity contribution in [3.8, 4) is 5.75 Å². The van der Waals surface area contributed by atoms with Crippen molar-refractivity contribution in [1.82, 2.24) is 4.90 Å². The molecule has 190 valence electrons. The van der Waals surface area contributed by atoms with Gasteiger partial charge in [-0.05, 0) is 92.1 Å². The van der Waals surface area contributed by atoms with Gasteiger partial charge in [0.05, 0.1) is 15.9 Å². The maximum atomic E-state index is 13.1. The molecule has 0 atom stereocenters. The zero-order chi connectivity index (χ0) is 26.6. The molecule has 1 heterocycles. The number of imide groups is 1. The number of thioether (sulfide) groups is 1. The van der Waals surface area contributed by atoms with Crippen LogP contribution in [-0.4, -0.2) is 28.6 Å². The highest BCUT2D eigenvalue weighted by Crippen LogP contribution is 2.35. The van der Waals surface area contributed by atoms with E-state index in [1.807, 2.05) is 42.5 Å². The molecule has 1 aliphatic rings. The van der Waals surface area contributed by atoms with Gasteiger partial charge in [0.2, 0.25) is 0 Å². The van der Waals surface area contributed by atoms with Crippen LogP contribution in [0.25, 0.3) is 16.8 Å². The second-order valence-corrected chi connectivity index (χ2v) is 10.7. The molecule has 0 unspecified atom stereocenters. The zero-order valence-electron chi connectivity index (χ0n) is 19.8. The number of ether oxygens (including phenoxy) is 1. The molecule has 0 bridgehead atoms. The van der Waals surface area contributed by atoms with Gasteiger partial charge in [0, 0.05) is 10.7 Å². The summed E-state index contributed by atoms with van der Waals surface area (Å²) in [6.07, 6.45) is 1.68. The maximum absolute atomic E-state index is 13.1. The Kier molecular flexibility index (Phi) is 7.83. The molecule has 3 amide bonds. The monoisotopic (exact) mass is 606 g/mol. The van der Waals surface area contributed by atoms with Gasteiger partial charge in [0.25, 0.3) is 17.1 Å². The Morgan fingerprint density at radius 1 is 1.00 bits per heavy atom. The number of rotatable bonds is 7. The molecule has 4 aromatic carbocycles. The second kappa shape index (κ2) is 11.4. The predicted octanol–water partition coefficient (Wildman–Crippen LogP) is 7.51. The fourth-order valence-corrected chi connectivity index (χ4v) is 5.46. The van der Waals surface area contributed by atoms with Crippen LogP contribution in [0.15, 0.2) is 94.3 Å². The summed E-state index contributed by atoms with van der Waals surface area (Å²) in [5.41, 5.74) is 2.24. The maximum Gasteiger partial charge on any atom is 0.293 e. The van der Waals surface area contributed by atoms with Crippen molar-refractivity contribution in [2.75, 3.05) is 11.9 Å². The molecule has 1 aliphatic heterocycles. The Morgan fingerprint density at radius 3 is 2.55 bits per heavy atom. The minimum Gasteiger partial charge on any atom is -0.483 e. The summed E-state index contributed by atoms with van der Waals surface area (Å²) in [4.78, 5) is 39.6. The number of amides is 3. The lowest BCUT2D eigenvalue weighted by Gasteiger charge is -2.14. The summed E-state index contributed by atoms with van der Waals surface area (Å²) in [6, 6.07) is 25.8. The molecule has 1 saturated heterocycles. The zero-order valence-corrected chi connectivity index (χ0v) is 23.0. The van der Waals surface area contributed by atoms with Crippen LogP contribution >= 0.6 is 39.3 Å². The molecule has 0 aliphatic carbocycles. The molecule has 0 spiro atoms. The van der Waals surface area contributed by atoms with E-state index in [0.717, 1.165) is 28.1 Å². The highest BCUT2D eigenvalue weighted by atomic mass is 79.9. The van der Waals surface area contributed by atoms with E-state index in [-0.39, 0.29) is 30.2 Å². The molecule has 38 heavy (non-hydrogen) atoms. The van der Waals surface area contributed by atoms with Crippen LogP contribution < -0.4 is 10.1 Å². The Balaban J connectivity index is 1.24. The Morgan fingerprint density at radius 2 is 1.76 bits per heavy atom. The molecule has 0 saturated carbocycles. The molecule has 4 aromatic rings. The quantitative estimate of drug-likeness (QED) is 0.220. The fourth-order valence-electron chi connectivity index (χ4n) is 3.99. The van der Waals surface area contributed by atoms with E-state index in [9.17, 15) is 14.4 Å². The van der Waals surface area contributed by atoms with Gasteiger partial charge in [-0.3, -0.25) is 19.3 Å². The average molecular weight is 608 g/mol. The van der Waals surface area contributed by atoms with Gasteiger partial charge in [-0.25, -0.2) is 0 Å². The van der Waals surface area contributed by atoms with Crippen molar-refractivity contribution >= 4 is 78.9 Å². The van der Waals surface area contributed by atoms with Gasteiger partial charge in [-0.15, -0.1) is 0 Å². The van der Waals surface area contributed by atoms with E-state index in [2.05, 4.69) is 21.2 Å². The van der Waals surface area contributed by atoms with E-state index < -0.39 is 0 Å². The number of halogens is 2. The summed E-state index contributed by atoms with van der Waals surface area (Å²) in [6.45, 7) is 0.0194. The molecule has 0 aromatic heterocycles. The van der Waals surface area contributed by atoms with Crippen LogP contribution in [0.5, 0.6) is 5.75 Å². The smallest absolute Gasteiger partial charge is 0.293 e. The van der Waals surface area contributed by atoms with Crippen molar-refractivity contribution < 1.29 is 19.1 Å². The first-order valence-electron chi connectivity index (χ1n) is 11.6. The highest BCUT2D eigenvalue weighted by molar-refractivity contribution is 9.10. The van der Waals surface area contributed by atoms with Gasteiger partial charge < -0.3 is 10.1 Å². The van der Waals surface area contributed by atoms with Crippen LogP contribution in [0, 0.1) is 0 Å². The van der Waals surface area contributed by atoms with Crippen LogP contribution in [-0.2, 0) is 16.1 Å². The molecule has 5 rings (SSSR count). The fraction of sp³-hybridized carbons (Fsp3) is 0.0690. The topological polar surface area (TPSA) is 75.7 Å². The number of hydrogen-bond acceptors (Lipinski definition) is 5. The molecular weight excluding hydrogens is 588 g/mol. The van der Waals surface area contributed by atoms with Crippen LogP contribution in [0.3, 0.4) is 0 Å². The number of benzene rings is 4. The lowest BCUT2D eigenvalue weighted by atomic mass is 10.0. The second-order valence-electron chi connectivity index (χ2n) is 8.44. The van der Waals surface area contributed by atoms with E-state index in [1.165, 1.54) is 4.90 Å². The predicted molar refractivity (Wildman–Crippen MR) is 155 cm³/mol. The largest absolute Gasteiger partial charge is 0.483 e. The van der Waals surface area contributed by atoms with E-state index >= 15 is 0 Å². The Bertz CT molecular complexity index is 1580. The third-order valence-electron chi connectivity index (χ3n) is 5.82. The number of carbonyl (C=O) groups is 3. The van der Waals surface area contributed by atoms with E-state index in [4.69, 9.17) is 16.3 Å². The number of hydrogen-bond donors (Lipinski definition) is 1. The van der Waals surface area contributed by atoms with Gasteiger partial charge >= 0.3 is 0 Å². The van der Waals surface area contributed by atoms with E-state index in [0.29, 0.717) is 31.4 Å².